The van der Waals surface area contributed by atoms with Crippen molar-refractivity contribution in [1.82, 2.24) is 9.78 Å². The molecule has 0 spiro atoms. The number of hydrogen-bond donors (Lipinski definition) is 2. The van der Waals surface area contributed by atoms with Crippen LogP contribution in [0.15, 0.2) is 70.0 Å². The summed E-state index contributed by atoms with van der Waals surface area (Å²) in [6, 6.07) is 15.6. The van der Waals surface area contributed by atoms with E-state index in [4.69, 9.17) is 4.42 Å². The van der Waals surface area contributed by atoms with Crippen LogP contribution in [0.3, 0.4) is 0 Å². The Balaban J connectivity index is 1.72. The maximum absolute atomic E-state index is 13.0. The summed E-state index contributed by atoms with van der Waals surface area (Å²) in [5, 5.41) is 16.7. The van der Waals surface area contributed by atoms with Crippen LogP contribution in [0.4, 0.5) is 11.5 Å². The summed E-state index contributed by atoms with van der Waals surface area (Å²) in [5.74, 6) is -2.12. The Kier molecular flexibility index (Phi) is 5.95. The number of carboxylic acids is 1. The smallest absolute Gasteiger partial charge is 0.349 e. The normalized spacial score (nSPS) is 10.8. The third-order valence-electron chi connectivity index (χ3n) is 5.33. The lowest BCUT2D eigenvalue weighted by atomic mass is 10.1. The van der Waals surface area contributed by atoms with Crippen molar-refractivity contribution in [2.24, 2.45) is 0 Å². The van der Waals surface area contributed by atoms with Crippen LogP contribution in [0, 0.1) is 0 Å². The van der Waals surface area contributed by atoms with Crippen molar-refractivity contribution in [2.45, 2.75) is 13.8 Å². The Hall–Kier alpha value is -4.40. The zero-order valence-electron chi connectivity index (χ0n) is 18.1. The predicted octanol–water partition coefficient (Wildman–Crippen LogP) is 3.78. The van der Waals surface area contributed by atoms with E-state index in [1.807, 2.05) is 19.9 Å². The number of aromatic nitrogens is 2. The molecule has 9 nitrogen and oxygen atoms in total. The Morgan fingerprint density at radius 2 is 1.79 bits per heavy atom. The van der Waals surface area contributed by atoms with Crippen LogP contribution in [0.25, 0.3) is 16.7 Å². The molecular formula is C24H22N4O5. The Labute approximate surface area is 188 Å². The minimum Gasteiger partial charge on any atom is -0.477 e. The van der Waals surface area contributed by atoms with Gasteiger partial charge < -0.3 is 19.7 Å². The van der Waals surface area contributed by atoms with Crippen molar-refractivity contribution in [3.8, 4) is 5.69 Å². The number of nitrogens with one attached hydrogen (secondary N) is 1. The van der Waals surface area contributed by atoms with Gasteiger partial charge in [0.05, 0.1) is 11.9 Å². The second-order valence-electron chi connectivity index (χ2n) is 7.26. The maximum Gasteiger partial charge on any atom is 0.349 e. The number of carboxylic acid groups (broad SMARTS) is 1. The lowest BCUT2D eigenvalue weighted by Crippen LogP contribution is -2.23. The largest absolute Gasteiger partial charge is 0.477 e. The molecule has 9 heteroatoms. The molecule has 2 aromatic heterocycles. The first-order valence-corrected chi connectivity index (χ1v) is 10.4. The van der Waals surface area contributed by atoms with Gasteiger partial charge in [0.25, 0.3) is 5.91 Å². The van der Waals surface area contributed by atoms with Crippen LogP contribution in [0.2, 0.25) is 0 Å². The number of para-hydroxylation sites is 1. The minimum atomic E-state index is -1.26. The second kappa shape index (κ2) is 8.99. The standard InChI is InChI=1S/C24H22N4O5/c1-3-27(4-2)17-11-10-15-12-18(24(32)33-20(15)13-17)22(29)26-21-19(23(30)31)14-25-28(21)16-8-6-5-7-9-16/h5-14H,3-4H2,1-2H3,(H,26,29)(H,30,31). The minimum absolute atomic E-state index is 0.0601. The average molecular weight is 446 g/mol. The molecule has 2 aromatic carbocycles. The third-order valence-corrected chi connectivity index (χ3v) is 5.33. The first kappa shape index (κ1) is 21.8. The van der Waals surface area contributed by atoms with Gasteiger partial charge in [-0.25, -0.2) is 14.3 Å². The fourth-order valence-corrected chi connectivity index (χ4v) is 3.61. The van der Waals surface area contributed by atoms with Crippen molar-refractivity contribution < 1.29 is 19.1 Å². The molecule has 2 heterocycles. The summed E-state index contributed by atoms with van der Waals surface area (Å²) >= 11 is 0. The van der Waals surface area contributed by atoms with Crippen LogP contribution < -0.4 is 15.8 Å². The summed E-state index contributed by atoms with van der Waals surface area (Å²) < 4.78 is 6.72. The number of hydrogen-bond acceptors (Lipinski definition) is 6. The summed E-state index contributed by atoms with van der Waals surface area (Å²) in [5.41, 5.74) is 0.554. The number of carbonyl (C=O) groups is 2. The van der Waals surface area contributed by atoms with Crippen LogP contribution in [-0.4, -0.2) is 39.9 Å². The van der Waals surface area contributed by atoms with E-state index >= 15 is 0 Å². The highest BCUT2D eigenvalue weighted by Crippen LogP contribution is 2.24. The Morgan fingerprint density at radius 1 is 1.06 bits per heavy atom. The van der Waals surface area contributed by atoms with E-state index in [1.54, 1.807) is 42.5 Å². The van der Waals surface area contributed by atoms with Crippen molar-refractivity contribution in [3.05, 3.63) is 82.3 Å². The molecule has 0 bridgehead atoms. The number of nitrogens with zero attached hydrogens (tertiary/aromatic N) is 3. The number of carbonyl (C=O) groups excluding carboxylic acids is 1. The molecule has 0 fully saturated rings. The van der Waals surface area contributed by atoms with E-state index in [1.165, 1.54) is 10.7 Å². The van der Waals surface area contributed by atoms with E-state index in [0.717, 1.165) is 25.0 Å². The predicted molar refractivity (Wildman–Crippen MR) is 125 cm³/mol. The lowest BCUT2D eigenvalue weighted by Gasteiger charge is -2.21. The molecule has 33 heavy (non-hydrogen) atoms. The van der Waals surface area contributed by atoms with Gasteiger partial charge in [-0.05, 0) is 44.2 Å². The van der Waals surface area contributed by atoms with E-state index in [2.05, 4.69) is 15.3 Å². The lowest BCUT2D eigenvalue weighted by molar-refractivity contribution is 0.0698. The van der Waals surface area contributed by atoms with Gasteiger partial charge in [-0.2, -0.15) is 5.10 Å². The molecule has 2 N–H and O–H groups in total. The Morgan fingerprint density at radius 3 is 2.45 bits per heavy atom. The molecule has 0 aliphatic carbocycles. The fourth-order valence-electron chi connectivity index (χ4n) is 3.61. The van der Waals surface area contributed by atoms with Gasteiger partial charge in [0, 0.05) is 30.2 Å². The molecule has 0 unspecified atom stereocenters. The van der Waals surface area contributed by atoms with Crippen LogP contribution in [0.5, 0.6) is 0 Å². The molecule has 0 radical (unpaired) electrons. The van der Waals surface area contributed by atoms with Crippen LogP contribution >= 0.6 is 0 Å². The molecular weight excluding hydrogens is 424 g/mol. The molecule has 0 atom stereocenters. The number of fused-ring (bicyclic) bond motifs is 1. The quantitative estimate of drug-likeness (QED) is 0.415. The molecule has 0 saturated carbocycles. The Bertz CT molecular complexity index is 1390. The first-order valence-electron chi connectivity index (χ1n) is 10.4. The van der Waals surface area contributed by atoms with Gasteiger partial charge in [-0.15, -0.1) is 0 Å². The number of aromatic carboxylic acids is 1. The van der Waals surface area contributed by atoms with Gasteiger partial charge in [-0.3, -0.25) is 4.79 Å². The summed E-state index contributed by atoms with van der Waals surface area (Å²) in [6.07, 6.45) is 1.14. The van der Waals surface area contributed by atoms with E-state index in [-0.39, 0.29) is 16.9 Å². The summed E-state index contributed by atoms with van der Waals surface area (Å²) in [6.45, 7) is 5.66. The number of amides is 1. The van der Waals surface area contributed by atoms with Gasteiger partial charge in [-0.1, -0.05) is 18.2 Å². The number of anilines is 2. The van der Waals surface area contributed by atoms with Crippen LogP contribution in [0.1, 0.15) is 34.6 Å². The molecule has 0 aliphatic heterocycles. The zero-order chi connectivity index (χ0) is 23.5. The first-order chi connectivity index (χ1) is 15.9. The molecule has 0 aliphatic rings. The second-order valence-corrected chi connectivity index (χ2v) is 7.26. The fraction of sp³-hybridized carbons (Fsp3) is 0.167. The number of benzene rings is 2. The molecule has 4 rings (SSSR count). The van der Waals surface area contributed by atoms with E-state index in [9.17, 15) is 19.5 Å². The highest BCUT2D eigenvalue weighted by Gasteiger charge is 2.22. The van der Waals surface area contributed by atoms with E-state index < -0.39 is 17.5 Å². The maximum atomic E-state index is 13.0. The number of rotatable bonds is 7. The third kappa shape index (κ3) is 4.20. The van der Waals surface area contributed by atoms with Crippen molar-refractivity contribution in [3.63, 3.8) is 0 Å². The topological polar surface area (TPSA) is 118 Å². The van der Waals surface area contributed by atoms with Crippen LogP contribution in [-0.2, 0) is 0 Å². The van der Waals surface area contributed by atoms with Crippen molar-refractivity contribution in [2.75, 3.05) is 23.3 Å². The monoisotopic (exact) mass is 446 g/mol. The average Bonchev–Trinajstić information content (AvgIpc) is 3.23. The highest BCUT2D eigenvalue weighted by molar-refractivity contribution is 6.08. The van der Waals surface area contributed by atoms with Gasteiger partial charge in [0.15, 0.2) is 5.82 Å². The van der Waals surface area contributed by atoms with E-state index in [0.29, 0.717) is 16.7 Å². The molecule has 168 valence electrons. The summed E-state index contributed by atoms with van der Waals surface area (Å²) in [7, 11) is 0. The van der Waals surface area contributed by atoms with Gasteiger partial charge >= 0.3 is 11.6 Å². The van der Waals surface area contributed by atoms with Gasteiger partial charge in [0.1, 0.15) is 16.7 Å². The van der Waals surface area contributed by atoms with Gasteiger partial charge in [0.2, 0.25) is 0 Å². The van der Waals surface area contributed by atoms with Crippen molar-refractivity contribution in [1.29, 1.82) is 0 Å². The molecule has 0 saturated heterocycles. The molecule has 4 aromatic rings. The zero-order valence-corrected chi connectivity index (χ0v) is 18.1. The summed E-state index contributed by atoms with van der Waals surface area (Å²) in [4.78, 5) is 39.4. The molecule has 1 amide bonds. The van der Waals surface area contributed by atoms with Crippen molar-refractivity contribution >= 4 is 34.4 Å². The SMILES string of the molecule is CCN(CC)c1ccc2cc(C(=O)Nc3c(C(=O)O)cnn3-c3ccccc3)c(=O)oc2c1. The highest BCUT2D eigenvalue weighted by atomic mass is 16.4.